The SMILES string of the molecule is CC1(C(F)(F)F)CN(c2cnn([C@H]3CCCN(C4COC4)C3)c2)C(N)N=C1N. The number of nitrogens with two attached hydrogens (primary N) is 2. The molecule has 0 aliphatic carbocycles. The van der Waals surface area contributed by atoms with Gasteiger partial charge in [0.25, 0.3) is 0 Å². The van der Waals surface area contributed by atoms with Gasteiger partial charge in [-0.3, -0.25) is 15.3 Å². The first kappa shape index (κ1) is 19.5. The quantitative estimate of drug-likeness (QED) is 0.781. The lowest BCUT2D eigenvalue weighted by atomic mass is 9.86. The molecule has 4 heterocycles. The van der Waals surface area contributed by atoms with E-state index >= 15 is 0 Å². The van der Waals surface area contributed by atoms with Gasteiger partial charge in [-0.1, -0.05) is 0 Å². The third-order valence-corrected chi connectivity index (χ3v) is 6.13. The number of ether oxygens (including phenoxy) is 1. The first-order chi connectivity index (χ1) is 13.2. The van der Waals surface area contributed by atoms with Crippen LogP contribution in [-0.2, 0) is 4.74 Å². The highest BCUT2D eigenvalue weighted by Crippen LogP contribution is 2.42. The Bertz CT molecular complexity index is 747. The average Bonchev–Trinajstić information content (AvgIpc) is 3.06. The molecule has 4 N–H and O–H groups in total. The van der Waals surface area contributed by atoms with Gasteiger partial charge in [0.05, 0.1) is 37.2 Å². The van der Waals surface area contributed by atoms with Gasteiger partial charge in [-0.25, -0.2) is 4.99 Å². The van der Waals surface area contributed by atoms with Gasteiger partial charge in [0.2, 0.25) is 0 Å². The fourth-order valence-electron chi connectivity index (χ4n) is 3.99. The minimum absolute atomic E-state index is 0.173. The fourth-order valence-corrected chi connectivity index (χ4v) is 3.99. The fraction of sp³-hybridized carbons (Fsp3) is 0.765. The third-order valence-electron chi connectivity index (χ3n) is 6.13. The second-order valence-corrected chi connectivity index (χ2v) is 8.05. The van der Waals surface area contributed by atoms with E-state index in [1.165, 1.54) is 4.90 Å². The van der Waals surface area contributed by atoms with Crippen LogP contribution in [0, 0.1) is 5.41 Å². The van der Waals surface area contributed by atoms with E-state index in [0.717, 1.165) is 46.1 Å². The molecule has 3 atom stereocenters. The number of hydrogen-bond donors (Lipinski definition) is 2. The molecule has 0 aromatic carbocycles. The Hall–Kier alpha value is -1.85. The molecule has 2 unspecified atom stereocenters. The first-order valence-electron chi connectivity index (χ1n) is 9.48. The molecule has 1 aromatic rings. The van der Waals surface area contributed by atoms with Gasteiger partial charge in [-0.2, -0.15) is 18.3 Å². The summed E-state index contributed by atoms with van der Waals surface area (Å²) in [5, 5.41) is 4.42. The standard InChI is InChI=1S/C17H26F3N7O/c1-16(17(18,19)20)10-26(15(22)24-14(16)21)12-5-23-27(7-12)11-3-2-4-25(6-11)13-8-28-9-13/h5,7,11,13,15H,2-4,6,8-10,22H2,1H3,(H2,21,24)/t11-,15?,16?/m0/s1. The zero-order valence-electron chi connectivity index (χ0n) is 15.8. The van der Waals surface area contributed by atoms with Crippen molar-refractivity contribution >= 4 is 11.5 Å². The molecule has 0 amide bonds. The van der Waals surface area contributed by atoms with E-state index < -0.39 is 30.3 Å². The molecule has 3 aliphatic heterocycles. The van der Waals surface area contributed by atoms with Crippen LogP contribution < -0.4 is 16.4 Å². The van der Waals surface area contributed by atoms with Crippen LogP contribution in [0.1, 0.15) is 25.8 Å². The molecule has 3 aliphatic rings. The Labute approximate surface area is 161 Å². The second kappa shape index (κ2) is 6.89. The summed E-state index contributed by atoms with van der Waals surface area (Å²) < 4.78 is 47.9. The highest BCUT2D eigenvalue weighted by atomic mass is 19.4. The predicted molar refractivity (Wildman–Crippen MR) is 97.8 cm³/mol. The third kappa shape index (κ3) is 3.25. The largest absolute Gasteiger partial charge is 0.402 e. The Morgan fingerprint density at radius 1 is 1.29 bits per heavy atom. The summed E-state index contributed by atoms with van der Waals surface area (Å²) in [7, 11) is 0. The number of piperidine rings is 1. The summed E-state index contributed by atoms with van der Waals surface area (Å²) in [6.07, 6.45) is -0.153. The molecule has 156 valence electrons. The van der Waals surface area contributed by atoms with Crippen LogP contribution in [0.4, 0.5) is 18.9 Å². The van der Waals surface area contributed by atoms with Crippen LogP contribution in [0.25, 0.3) is 0 Å². The number of aliphatic imine (C=N–C) groups is 1. The normalized spacial score (nSPS) is 32.9. The van der Waals surface area contributed by atoms with Gasteiger partial charge >= 0.3 is 6.18 Å². The van der Waals surface area contributed by atoms with Crippen molar-refractivity contribution in [2.24, 2.45) is 21.9 Å². The lowest BCUT2D eigenvalue weighted by Crippen LogP contribution is -2.61. The van der Waals surface area contributed by atoms with Crippen LogP contribution in [0.2, 0.25) is 0 Å². The minimum atomic E-state index is -4.52. The lowest BCUT2D eigenvalue weighted by molar-refractivity contribution is -0.190. The van der Waals surface area contributed by atoms with Gasteiger partial charge in [0, 0.05) is 19.3 Å². The molecule has 4 rings (SSSR count). The van der Waals surface area contributed by atoms with E-state index in [0.29, 0.717) is 11.7 Å². The zero-order chi connectivity index (χ0) is 20.1. The van der Waals surface area contributed by atoms with E-state index in [-0.39, 0.29) is 6.04 Å². The van der Waals surface area contributed by atoms with Crippen molar-refractivity contribution in [3.05, 3.63) is 12.4 Å². The van der Waals surface area contributed by atoms with Crippen molar-refractivity contribution in [2.75, 3.05) is 37.7 Å². The number of halogens is 3. The second-order valence-electron chi connectivity index (χ2n) is 8.05. The number of hydrogen-bond acceptors (Lipinski definition) is 7. The van der Waals surface area contributed by atoms with E-state index in [1.54, 1.807) is 12.4 Å². The smallest absolute Gasteiger partial charge is 0.387 e. The number of aromatic nitrogens is 2. The molecular weight excluding hydrogens is 375 g/mol. The molecule has 28 heavy (non-hydrogen) atoms. The molecule has 0 radical (unpaired) electrons. The Morgan fingerprint density at radius 3 is 2.68 bits per heavy atom. The van der Waals surface area contributed by atoms with Gasteiger partial charge in [0.15, 0.2) is 6.29 Å². The van der Waals surface area contributed by atoms with Crippen molar-refractivity contribution in [2.45, 2.75) is 44.3 Å². The van der Waals surface area contributed by atoms with Crippen LogP contribution in [0.15, 0.2) is 17.4 Å². The summed E-state index contributed by atoms with van der Waals surface area (Å²) in [6.45, 7) is 4.06. The van der Waals surface area contributed by atoms with Crippen molar-refractivity contribution < 1.29 is 17.9 Å². The van der Waals surface area contributed by atoms with Crippen molar-refractivity contribution in [1.29, 1.82) is 0 Å². The Morgan fingerprint density at radius 2 is 2.04 bits per heavy atom. The summed E-state index contributed by atoms with van der Waals surface area (Å²) in [5.41, 5.74) is 9.84. The Kier molecular flexibility index (Phi) is 4.79. The highest BCUT2D eigenvalue weighted by Gasteiger charge is 2.57. The summed E-state index contributed by atoms with van der Waals surface area (Å²) in [5.74, 6) is -0.484. The molecule has 2 fully saturated rings. The van der Waals surface area contributed by atoms with Gasteiger partial charge < -0.3 is 15.4 Å². The van der Waals surface area contributed by atoms with Crippen LogP contribution in [-0.4, -0.2) is 71.9 Å². The number of rotatable bonds is 3. The zero-order valence-corrected chi connectivity index (χ0v) is 15.8. The van der Waals surface area contributed by atoms with Gasteiger partial charge in [-0.05, 0) is 26.3 Å². The number of amidine groups is 1. The number of alkyl halides is 3. The molecule has 0 bridgehead atoms. The first-order valence-corrected chi connectivity index (χ1v) is 9.48. The highest BCUT2D eigenvalue weighted by molar-refractivity contribution is 5.89. The maximum absolute atomic E-state index is 13.6. The maximum atomic E-state index is 13.6. The predicted octanol–water partition coefficient (Wildman–Crippen LogP) is 0.907. The maximum Gasteiger partial charge on any atom is 0.402 e. The van der Waals surface area contributed by atoms with Crippen LogP contribution in [0.5, 0.6) is 0 Å². The van der Waals surface area contributed by atoms with Crippen molar-refractivity contribution in [3.63, 3.8) is 0 Å². The summed E-state index contributed by atoms with van der Waals surface area (Å²) in [4.78, 5) is 7.67. The molecule has 0 saturated carbocycles. The molecule has 1 aromatic heterocycles. The number of nitrogens with zero attached hydrogens (tertiary/aromatic N) is 5. The lowest BCUT2D eigenvalue weighted by Gasteiger charge is -2.42. The van der Waals surface area contributed by atoms with Gasteiger partial charge in [0.1, 0.15) is 11.3 Å². The molecule has 0 spiro atoms. The van der Waals surface area contributed by atoms with Gasteiger partial charge in [-0.15, -0.1) is 0 Å². The van der Waals surface area contributed by atoms with E-state index in [9.17, 15) is 13.2 Å². The number of likely N-dealkylation sites (tertiary alicyclic amines) is 1. The molecule has 8 nitrogen and oxygen atoms in total. The number of anilines is 1. The topological polar surface area (TPSA) is 97.9 Å². The van der Waals surface area contributed by atoms with E-state index in [4.69, 9.17) is 16.2 Å². The Balaban J connectivity index is 1.52. The molecule has 2 saturated heterocycles. The molecule has 11 heteroatoms. The summed E-state index contributed by atoms with van der Waals surface area (Å²) in [6, 6.07) is 0.629. The van der Waals surface area contributed by atoms with Crippen molar-refractivity contribution in [3.8, 4) is 0 Å². The monoisotopic (exact) mass is 401 g/mol. The minimum Gasteiger partial charge on any atom is -0.387 e. The van der Waals surface area contributed by atoms with E-state index in [2.05, 4.69) is 15.0 Å². The molecular formula is C17H26F3N7O. The van der Waals surface area contributed by atoms with Crippen molar-refractivity contribution in [1.82, 2.24) is 14.7 Å². The summed E-state index contributed by atoms with van der Waals surface area (Å²) >= 11 is 0. The van der Waals surface area contributed by atoms with Crippen LogP contribution >= 0.6 is 0 Å². The van der Waals surface area contributed by atoms with Crippen LogP contribution in [0.3, 0.4) is 0 Å². The average molecular weight is 401 g/mol. The van der Waals surface area contributed by atoms with E-state index in [1.807, 2.05) is 4.68 Å².